The van der Waals surface area contributed by atoms with E-state index >= 15 is 0 Å². The van der Waals surface area contributed by atoms with Crippen LogP contribution in [-0.4, -0.2) is 25.5 Å². The summed E-state index contributed by atoms with van der Waals surface area (Å²) in [5, 5.41) is 3.08. The van der Waals surface area contributed by atoms with E-state index in [9.17, 15) is 14.4 Å². The van der Waals surface area contributed by atoms with Crippen molar-refractivity contribution in [2.24, 2.45) is 0 Å². The molecule has 0 saturated heterocycles. The highest BCUT2D eigenvalue weighted by molar-refractivity contribution is 6.30. The van der Waals surface area contributed by atoms with Crippen molar-refractivity contribution in [3.05, 3.63) is 97.3 Å². The fraction of sp³-hybridized carbons (Fsp3) is 0.0526. The van der Waals surface area contributed by atoms with E-state index in [2.05, 4.69) is 15.1 Å². The van der Waals surface area contributed by atoms with Crippen LogP contribution in [0.3, 0.4) is 0 Å². The molecule has 0 bridgehead atoms. The Morgan fingerprint density at radius 3 is 2.30 bits per heavy atom. The lowest BCUT2D eigenvalue weighted by molar-refractivity contribution is 0.103. The Kier molecular flexibility index (Phi) is 4.21. The molecule has 2 aromatic heterocycles. The number of carbonyl (C=O) groups excluding carboxylic acids is 1. The molecule has 0 fully saturated rings. The van der Waals surface area contributed by atoms with Gasteiger partial charge in [-0.15, -0.1) is 0 Å². The Morgan fingerprint density at radius 2 is 1.63 bits per heavy atom. The van der Waals surface area contributed by atoms with E-state index in [0.29, 0.717) is 16.1 Å². The minimum absolute atomic E-state index is 0.0910. The van der Waals surface area contributed by atoms with Crippen LogP contribution in [-0.2, 0) is 6.54 Å². The number of hydrogen-bond donors (Lipinski definition) is 2. The maximum absolute atomic E-state index is 12.5. The molecule has 4 aromatic rings. The summed E-state index contributed by atoms with van der Waals surface area (Å²) in [5.74, 6) is -0.123. The predicted octanol–water partition coefficient (Wildman–Crippen LogP) is 2.35. The van der Waals surface area contributed by atoms with E-state index in [-0.39, 0.29) is 23.4 Å². The number of aromatic amines is 2. The van der Waals surface area contributed by atoms with Gasteiger partial charge in [0.25, 0.3) is 11.1 Å². The highest BCUT2D eigenvalue weighted by Crippen LogP contribution is 2.15. The Labute approximate surface area is 157 Å². The zero-order valence-electron chi connectivity index (χ0n) is 13.9. The number of aromatic nitrogens is 4. The van der Waals surface area contributed by atoms with Crippen LogP contribution in [0.15, 0.2) is 64.4 Å². The number of nitrogens with zero attached hydrogens (tertiary/aromatic N) is 2. The monoisotopic (exact) mass is 380 g/mol. The van der Waals surface area contributed by atoms with E-state index in [1.807, 2.05) is 0 Å². The normalized spacial score (nSPS) is 11.0. The van der Waals surface area contributed by atoms with Crippen LogP contribution in [0.2, 0.25) is 5.02 Å². The number of halogens is 1. The largest absolute Gasteiger partial charge is 0.340 e. The third-order valence-electron chi connectivity index (χ3n) is 4.21. The van der Waals surface area contributed by atoms with Crippen molar-refractivity contribution in [3.8, 4) is 0 Å². The number of hydrogen-bond acceptors (Lipinski definition) is 4. The lowest BCUT2D eigenvalue weighted by Gasteiger charge is -2.07. The number of imidazole rings is 1. The lowest BCUT2D eigenvalue weighted by Crippen LogP contribution is -2.30. The molecule has 0 radical (unpaired) electrons. The number of ketones is 1. The minimum atomic E-state index is -0.420. The Hall–Kier alpha value is -3.45. The van der Waals surface area contributed by atoms with Gasteiger partial charge in [0.15, 0.2) is 11.3 Å². The standard InChI is InChI=1S/C19H13ClN4O3/c20-14-7-5-13(6-8-14)17(25)12-3-1-11(2-4-12)9-24-19(27)16-15(18(26)23-24)21-10-22-16/h1-8,10H,9H2,(H,21,22)(H,23,26). The summed E-state index contributed by atoms with van der Waals surface area (Å²) < 4.78 is 1.20. The van der Waals surface area contributed by atoms with Crippen molar-refractivity contribution < 1.29 is 4.79 Å². The van der Waals surface area contributed by atoms with Crippen molar-refractivity contribution in [2.45, 2.75) is 6.54 Å². The van der Waals surface area contributed by atoms with Crippen LogP contribution in [0, 0.1) is 0 Å². The molecule has 0 aliphatic carbocycles. The number of H-pyrrole nitrogens is 2. The average molecular weight is 381 g/mol. The van der Waals surface area contributed by atoms with E-state index < -0.39 is 11.1 Å². The quantitative estimate of drug-likeness (QED) is 0.530. The van der Waals surface area contributed by atoms with Crippen LogP contribution in [0.25, 0.3) is 11.0 Å². The van der Waals surface area contributed by atoms with Crippen LogP contribution in [0.5, 0.6) is 0 Å². The maximum atomic E-state index is 12.5. The zero-order chi connectivity index (χ0) is 19.0. The summed E-state index contributed by atoms with van der Waals surface area (Å²) in [6.45, 7) is 0.159. The van der Waals surface area contributed by atoms with Crippen molar-refractivity contribution in [1.82, 2.24) is 19.7 Å². The maximum Gasteiger partial charge on any atom is 0.293 e. The van der Waals surface area contributed by atoms with Gasteiger partial charge < -0.3 is 4.98 Å². The van der Waals surface area contributed by atoms with Crippen LogP contribution in [0.4, 0.5) is 0 Å². The van der Waals surface area contributed by atoms with Gasteiger partial charge in [0.1, 0.15) is 5.52 Å². The smallest absolute Gasteiger partial charge is 0.293 e. The predicted molar refractivity (Wildman–Crippen MR) is 101 cm³/mol. The molecule has 0 atom stereocenters. The summed E-state index contributed by atoms with van der Waals surface area (Å²) in [5.41, 5.74) is 1.24. The number of carbonyl (C=O) groups is 1. The molecule has 0 amide bonds. The molecule has 0 spiro atoms. The first-order valence-corrected chi connectivity index (χ1v) is 8.46. The molecule has 0 aliphatic heterocycles. The van der Waals surface area contributed by atoms with Crippen LogP contribution < -0.4 is 11.1 Å². The molecular weight excluding hydrogens is 368 g/mol. The third kappa shape index (κ3) is 3.20. The molecule has 8 heteroatoms. The SMILES string of the molecule is O=C(c1ccc(Cl)cc1)c1ccc(Cn2[nH]c(=O)c3[nH]cnc3c2=O)cc1. The van der Waals surface area contributed by atoms with Crippen molar-refractivity contribution in [2.75, 3.05) is 0 Å². The summed E-state index contributed by atoms with van der Waals surface area (Å²) in [6, 6.07) is 13.5. The molecular formula is C19H13ClN4O3. The summed E-state index contributed by atoms with van der Waals surface area (Å²) in [6.07, 6.45) is 1.31. The molecule has 2 heterocycles. The Balaban J connectivity index is 1.61. The second kappa shape index (κ2) is 6.69. The van der Waals surface area contributed by atoms with Gasteiger partial charge in [-0.1, -0.05) is 35.9 Å². The molecule has 0 saturated carbocycles. The van der Waals surface area contributed by atoms with Gasteiger partial charge in [-0.2, -0.15) is 0 Å². The zero-order valence-corrected chi connectivity index (χ0v) is 14.7. The fourth-order valence-electron chi connectivity index (χ4n) is 2.81. The van der Waals surface area contributed by atoms with E-state index in [4.69, 9.17) is 11.6 Å². The number of benzene rings is 2. The van der Waals surface area contributed by atoms with Gasteiger partial charge in [-0.25, -0.2) is 9.67 Å². The highest BCUT2D eigenvalue weighted by Gasteiger charge is 2.11. The van der Waals surface area contributed by atoms with E-state index in [0.717, 1.165) is 5.56 Å². The second-order valence-corrected chi connectivity index (χ2v) is 6.43. The first-order valence-electron chi connectivity index (χ1n) is 8.08. The number of fused-ring (bicyclic) bond motifs is 1. The molecule has 2 aromatic carbocycles. The molecule has 2 N–H and O–H groups in total. The van der Waals surface area contributed by atoms with E-state index in [1.54, 1.807) is 48.5 Å². The van der Waals surface area contributed by atoms with Crippen molar-refractivity contribution >= 4 is 28.4 Å². The van der Waals surface area contributed by atoms with Gasteiger partial charge in [0.2, 0.25) is 0 Å². The minimum Gasteiger partial charge on any atom is -0.340 e. The summed E-state index contributed by atoms with van der Waals surface area (Å²) in [4.78, 5) is 43.4. The van der Waals surface area contributed by atoms with Crippen molar-refractivity contribution in [1.29, 1.82) is 0 Å². The molecule has 134 valence electrons. The molecule has 7 nitrogen and oxygen atoms in total. The van der Waals surface area contributed by atoms with Gasteiger partial charge in [0.05, 0.1) is 12.9 Å². The second-order valence-electron chi connectivity index (χ2n) is 5.99. The molecule has 27 heavy (non-hydrogen) atoms. The van der Waals surface area contributed by atoms with Gasteiger partial charge in [-0.05, 0) is 29.8 Å². The van der Waals surface area contributed by atoms with Gasteiger partial charge >= 0.3 is 0 Å². The highest BCUT2D eigenvalue weighted by atomic mass is 35.5. The van der Waals surface area contributed by atoms with E-state index in [1.165, 1.54) is 11.0 Å². The Bertz CT molecular complexity index is 1250. The molecule has 0 aliphatic rings. The van der Waals surface area contributed by atoms with Crippen LogP contribution >= 0.6 is 11.6 Å². The van der Waals surface area contributed by atoms with Crippen molar-refractivity contribution in [3.63, 3.8) is 0 Å². The molecule has 4 rings (SSSR count). The van der Waals surface area contributed by atoms with Gasteiger partial charge in [0, 0.05) is 16.1 Å². The molecule has 0 unspecified atom stereocenters. The fourth-order valence-corrected chi connectivity index (χ4v) is 2.94. The summed E-state index contributed by atoms with van der Waals surface area (Å²) in [7, 11) is 0. The Morgan fingerprint density at radius 1 is 1.00 bits per heavy atom. The number of nitrogens with one attached hydrogen (secondary N) is 2. The topological polar surface area (TPSA) is 101 Å². The van der Waals surface area contributed by atoms with Crippen LogP contribution in [0.1, 0.15) is 21.5 Å². The van der Waals surface area contributed by atoms with Gasteiger partial charge in [-0.3, -0.25) is 19.5 Å². The first-order chi connectivity index (χ1) is 13.0. The number of rotatable bonds is 4. The summed E-state index contributed by atoms with van der Waals surface area (Å²) >= 11 is 5.84. The first kappa shape index (κ1) is 17.0. The average Bonchev–Trinajstić information content (AvgIpc) is 3.17. The lowest BCUT2D eigenvalue weighted by atomic mass is 10.0. The third-order valence-corrected chi connectivity index (χ3v) is 4.47.